The summed E-state index contributed by atoms with van der Waals surface area (Å²) < 4.78 is 7.15. The number of ether oxygens (including phenoxy) is 1. The Morgan fingerprint density at radius 2 is 2.05 bits per heavy atom. The third-order valence-corrected chi connectivity index (χ3v) is 3.28. The van der Waals surface area contributed by atoms with Gasteiger partial charge in [-0.15, -0.1) is 0 Å². The zero-order valence-corrected chi connectivity index (χ0v) is 12.4. The predicted molar refractivity (Wildman–Crippen MR) is 78.4 cm³/mol. The van der Waals surface area contributed by atoms with E-state index < -0.39 is 0 Å². The second-order valence-electron chi connectivity index (χ2n) is 4.90. The standard InChI is InChI=1S/C16H20N2O2/c1-5-18-13(9-12(3)17-18)10-15(19)14-8-11(2)6-7-16(14)20-4/h6-9H,5,10H2,1-4H3. The van der Waals surface area contributed by atoms with Crippen molar-refractivity contribution in [3.05, 3.63) is 46.8 Å². The number of carbonyl (C=O) groups is 1. The van der Waals surface area contributed by atoms with E-state index in [4.69, 9.17) is 4.74 Å². The number of hydrogen-bond donors (Lipinski definition) is 0. The third-order valence-electron chi connectivity index (χ3n) is 3.28. The lowest BCUT2D eigenvalue weighted by molar-refractivity contribution is 0.0987. The number of carbonyl (C=O) groups excluding carboxylic acids is 1. The number of methoxy groups -OCH3 is 1. The molecule has 2 rings (SSSR count). The molecule has 1 aromatic heterocycles. The van der Waals surface area contributed by atoms with Crippen molar-refractivity contribution in [2.24, 2.45) is 0 Å². The molecule has 0 atom stereocenters. The van der Waals surface area contributed by atoms with Crippen LogP contribution in [0.3, 0.4) is 0 Å². The molecule has 1 heterocycles. The summed E-state index contributed by atoms with van der Waals surface area (Å²) in [6, 6.07) is 7.62. The molecule has 1 aromatic carbocycles. The van der Waals surface area contributed by atoms with Crippen molar-refractivity contribution in [2.45, 2.75) is 33.7 Å². The highest BCUT2D eigenvalue weighted by Gasteiger charge is 2.15. The zero-order valence-electron chi connectivity index (χ0n) is 12.4. The van der Waals surface area contributed by atoms with Crippen LogP contribution in [0.15, 0.2) is 24.3 Å². The van der Waals surface area contributed by atoms with Crippen LogP contribution >= 0.6 is 0 Å². The quantitative estimate of drug-likeness (QED) is 0.786. The van der Waals surface area contributed by atoms with Crippen molar-refractivity contribution < 1.29 is 9.53 Å². The van der Waals surface area contributed by atoms with Gasteiger partial charge in [-0.3, -0.25) is 9.48 Å². The number of Topliss-reactive ketones (excluding diaryl/α,β-unsaturated/α-hetero) is 1. The lowest BCUT2D eigenvalue weighted by atomic mass is 10.0. The van der Waals surface area contributed by atoms with Gasteiger partial charge >= 0.3 is 0 Å². The first kappa shape index (κ1) is 14.3. The monoisotopic (exact) mass is 272 g/mol. The maximum absolute atomic E-state index is 12.5. The van der Waals surface area contributed by atoms with E-state index in [1.165, 1.54) is 0 Å². The van der Waals surface area contributed by atoms with Gasteiger partial charge in [0.25, 0.3) is 0 Å². The highest BCUT2D eigenvalue weighted by molar-refractivity contribution is 6.00. The van der Waals surface area contributed by atoms with E-state index in [-0.39, 0.29) is 5.78 Å². The van der Waals surface area contributed by atoms with E-state index in [2.05, 4.69) is 5.10 Å². The summed E-state index contributed by atoms with van der Waals surface area (Å²) in [4.78, 5) is 12.5. The molecule has 4 heteroatoms. The minimum atomic E-state index is 0.0557. The molecule has 0 spiro atoms. The molecule has 0 unspecified atom stereocenters. The van der Waals surface area contributed by atoms with E-state index >= 15 is 0 Å². The Balaban J connectivity index is 2.30. The number of aromatic nitrogens is 2. The Morgan fingerprint density at radius 3 is 2.70 bits per heavy atom. The van der Waals surface area contributed by atoms with Gasteiger partial charge in [0.1, 0.15) is 5.75 Å². The fourth-order valence-corrected chi connectivity index (χ4v) is 2.31. The van der Waals surface area contributed by atoms with Crippen molar-refractivity contribution >= 4 is 5.78 Å². The van der Waals surface area contributed by atoms with Crippen LogP contribution in [0.4, 0.5) is 0 Å². The van der Waals surface area contributed by atoms with Crippen LogP contribution in [0.25, 0.3) is 0 Å². The van der Waals surface area contributed by atoms with Gasteiger partial charge in [-0.25, -0.2) is 0 Å². The summed E-state index contributed by atoms with van der Waals surface area (Å²) in [5.41, 5.74) is 3.56. The van der Waals surface area contributed by atoms with E-state index in [1.54, 1.807) is 7.11 Å². The largest absolute Gasteiger partial charge is 0.496 e. The number of nitrogens with zero attached hydrogens (tertiary/aromatic N) is 2. The molecule has 0 fully saturated rings. The molecule has 0 aliphatic rings. The van der Waals surface area contributed by atoms with Gasteiger partial charge in [0, 0.05) is 12.2 Å². The minimum absolute atomic E-state index is 0.0557. The first-order valence-corrected chi connectivity index (χ1v) is 6.76. The number of benzene rings is 1. The van der Waals surface area contributed by atoms with Gasteiger partial charge < -0.3 is 4.74 Å². The Bertz CT molecular complexity index is 629. The van der Waals surface area contributed by atoms with Gasteiger partial charge in [0.05, 0.1) is 24.8 Å². The van der Waals surface area contributed by atoms with Gasteiger partial charge in [0.15, 0.2) is 5.78 Å². The maximum Gasteiger partial charge on any atom is 0.172 e. The minimum Gasteiger partial charge on any atom is -0.496 e. The molecule has 0 amide bonds. The first-order chi connectivity index (χ1) is 9.55. The molecule has 0 aliphatic carbocycles. The second kappa shape index (κ2) is 5.90. The van der Waals surface area contributed by atoms with E-state index in [0.717, 1.165) is 23.5 Å². The van der Waals surface area contributed by atoms with Gasteiger partial charge in [0.2, 0.25) is 0 Å². The Morgan fingerprint density at radius 1 is 1.30 bits per heavy atom. The molecular formula is C16H20N2O2. The summed E-state index contributed by atoms with van der Waals surface area (Å²) in [5, 5.41) is 4.37. The van der Waals surface area contributed by atoms with Crippen molar-refractivity contribution in [2.75, 3.05) is 7.11 Å². The first-order valence-electron chi connectivity index (χ1n) is 6.76. The molecule has 2 aromatic rings. The summed E-state index contributed by atoms with van der Waals surface area (Å²) in [6.07, 6.45) is 0.342. The summed E-state index contributed by atoms with van der Waals surface area (Å²) in [7, 11) is 1.59. The number of aryl methyl sites for hydroxylation is 3. The van der Waals surface area contributed by atoms with Crippen molar-refractivity contribution in [1.29, 1.82) is 0 Å². The molecule has 106 valence electrons. The van der Waals surface area contributed by atoms with Crippen LogP contribution in [0.1, 0.15) is 34.2 Å². The van der Waals surface area contributed by atoms with Crippen molar-refractivity contribution in [3.8, 4) is 5.75 Å². The molecule has 0 N–H and O–H groups in total. The summed E-state index contributed by atoms with van der Waals surface area (Å²) >= 11 is 0. The van der Waals surface area contributed by atoms with Crippen LogP contribution in [-0.2, 0) is 13.0 Å². The van der Waals surface area contributed by atoms with E-state index in [0.29, 0.717) is 17.7 Å². The number of ketones is 1. The molecular weight excluding hydrogens is 252 g/mol. The SMILES string of the molecule is CCn1nc(C)cc1CC(=O)c1cc(C)ccc1OC. The van der Waals surface area contributed by atoms with Gasteiger partial charge in [-0.05, 0) is 39.0 Å². The van der Waals surface area contributed by atoms with E-state index in [1.807, 2.05) is 49.7 Å². The predicted octanol–water partition coefficient (Wildman–Crippen LogP) is 2.95. The Kier molecular flexibility index (Phi) is 4.23. The lowest BCUT2D eigenvalue weighted by Crippen LogP contribution is -2.11. The average Bonchev–Trinajstić information content (AvgIpc) is 2.78. The molecule has 0 saturated carbocycles. The summed E-state index contributed by atoms with van der Waals surface area (Å²) in [6.45, 7) is 6.69. The lowest BCUT2D eigenvalue weighted by Gasteiger charge is -2.09. The number of hydrogen-bond acceptors (Lipinski definition) is 3. The number of rotatable bonds is 5. The second-order valence-corrected chi connectivity index (χ2v) is 4.90. The van der Waals surface area contributed by atoms with Gasteiger partial charge in [-0.1, -0.05) is 11.6 Å². The fourth-order valence-electron chi connectivity index (χ4n) is 2.31. The highest BCUT2D eigenvalue weighted by Crippen LogP contribution is 2.21. The van der Waals surface area contributed by atoms with Gasteiger partial charge in [-0.2, -0.15) is 5.10 Å². The average molecular weight is 272 g/mol. The Labute approximate surface area is 119 Å². The highest BCUT2D eigenvalue weighted by atomic mass is 16.5. The van der Waals surface area contributed by atoms with Crippen LogP contribution < -0.4 is 4.74 Å². The molecule has 0 saturated heterocycles. The zero-order chi connectivity index (χ0) is 14.7. The van der Waals surface area contributed by atoms with Crippen LogP contribution in [-0.4, -0.2) is 22.7 Å². The van der Waals surface area contributed by atoms with Crippen molar-refractivity contribution in [3.63, 3.8) is 0 Å². The molecule has 4 nitrogen and oxygen atoms in total. The summed E-state index contributed by atoms with van der Waals surface area (Å²) in [5.74, 6) is 0.681. The normalized spacial score (nSPS) is 10.6. The topological polar surface area (TPSA) is 44.1 Å². The Hall–Kier alpha value is -2.10. The molecule has 20 heavy (non-hydrogen) atoms. The van der Waals surface area contributed by atoms with Crippen LogP contribution in [0.5, 0.6) is 5.75 Å². The molecule has 0 radical (unpaired) electrons. The third kappa shape index (κ3) is 2.90. The molecule has 0 aliphatic heterocycles. The molecule has 0 bridgehead atoms. The van der Waals surface area contributed by atoms with Crippen LogP contribution in [0.2, 0.25) is 0 Å². The smallest absolute Gasteiger partial charge is 0.172 e. The van der Waals surface area contributed by atoms with Crippen LogP contribution in [0, 0.1) is 13.8 Å². The maximum atomic E-state index is 12.5. The van der Waals surface area contributed by atoms with Crippen molar-refractivity contribution in [1.82, 2.24) is 9.78 Å². The fraction of sp³-hybridized carbons (Fsp3) is 0.375. The van der Waals surface area contributed by atoms with E-state index in [9.17, 15) is 4.79 Å².